The monoisotopic (exact) mass is 359 g/mol. The number of nitrogens with one attached hydrogen (secondary N) is 1. The van der Waals surface area contributed by atoms with Crippen molar-refractivity contribution in [3.8, 4) is 0 Å². The number of fused-ring (bicyclic) bond motifs is 1. The van der Waals surface area contributed by atoms with Crippen LogP contribution in [0.5, 0.6) is 0 Å². The van der Waals surface area contributed by atoms with Crippen LogP contribution in [0.2, 0.25) is 0 Å². The van der Waals surface area contributed by atoms with Crippen LogP contribution in [0.15, 0.2) is 46.1 Å². The van der Waals surface area contributed by atoms with Gasteiger partial charge in [0.1, 0.15) is 11.5 Å². The Morgan fingerprint density at radius 1 is 1.23 bits per heavy atom. The Hall–Kier alpha value is -2.28. The molecular weight excluding hydrogens is 346 g/mol. The van der Waals surface area contributed by atoms with E-state index in [1.165, 1.54) is 4.57 Å². The lowest BCUT2D eigenvalue weighted by atomic mass is 10.2. The minimum Gasteiger partial charge on any atom is -0.375 e. The van der Waals surface area contributed by atoms with Gasteiger partial charge in [0.2, 0.25) is 0 Å². The topological polar surface area (TPSA) is 72.7 Å². The van der Waals surface area contributed by atoms with Gasteiger partial charge in [0.05, 0.1) is 11.7 Å². The first kappa shape index (κ1) is 14.6. The lowest BCUT2D eigenvalue weighted by Crippen LogP contribution is -2.19. The molecule has 3 aromatic rings. The number of pyridine rings is 2. The van der Waals surface area contributed by atoms with E-state index in [0.717, 1.165) is 9.86 Å². The molecule has 6 nitrogen and oxygen atoms in total. The summed E-state index contributed by atoms with van der Waals surface area (Å²) >= 11 is 3.42. The molecule has 0 saturated heterocycles. The standard InChI is InChI=1S/C15H14BrN5O/c1-9(14-17-4-3-5-18-14)20-12-7-13(22)21(2)15-11(12)6-10(16)8-19-15/h3-9,20H,1-2H3. The predicted molar refractivity (Wildman–Crippen MR) is 88.8 cm³/mol. The van der Waals surface area contributed by atoms with Crippen LogP contribution in [0, 0.1) is 0 Å². The number of nitrogens with zero attached hydrogens (tertiary/aromatic N) is 4. The van der Waals surface area contributed by atoms with Gasteiger partial charge in [-0.15, -0.1) is 0 Å². The van der Waals surface area contributed by atoms with Gasteiger partial charge < -0.3 is 5.32 Å². The van der Waals surface area contributed by atoms with Gasteiger partial charge >= 0.3 is 0 Å². The molecule has 0 amide bonds. The predicted octanol–water partition coefficient (Wildman–Crippen LogP) is 2.66. The number of aryl methyl sites for hydroxylation is 1. The molecule has 0 bridgehead atoms. The number of hydrogen-bond acceptors (Lipinski definition) is 5. The fourth-order valence-corrected chi connectivity index (χ4v) is 2.58. The van der Waals surface area contributed by atoms with Crippen molar-refractivity contribution >= 4 is 32.7 Å². The first-order chi connectivity index (χ1) is 10.6. The molecule has 3 heterocycles. The molecule has 3 rings (SSSR count). The molecule has 0 fully saturated rings. The minimum atomic E-state index is -0.129. The Labute approximate surface area is 135 Å². The van der Waals surface area contributed by atoms with Crippen molar-refractivity contribution in [3.05, 3.63) is 57.4 Å². The summed E-state index contributed by atoms with van der Waals surface area (Å²) in [6.07, 6.45) is 5.07. The van der Waals surface area contributed by atoms with Crippen molar-refractivity contribution in [2.45, 2.75) is 13.0 Å². The van der Waals surface area contributed by atoms with E-state index in [1.54, 1.807) is 37.8 Å². The summed E-state index contributed by atoms with van der Waals surface area (Å²) in [5.41, 5.74) is 1.22. The highest BCUT2D eigenvalue weighted by molar-refractivity contribution is 9.10. The molecule has 1 unspecified atom stereocenters. The number of anilines is 1. The van der Waals surface area contributed by atoms with Crippen LogP contribution >= 0.6 is 15.9 Å². The molecule has 1 atom stereocenters. The van der Waals surface area contributed by atoms with Crippen LogP contribution in [-0.4, -0.2) is 19.5 Å². The van der Waals surface area contributed by atoms with E-state index in [-0.39, 0.29) is 11.6 Å². The van der Waals surface area contributed by atoms with Gasteiger partial charge in [0, 0.05) is 41.6 Å². The van der Waals surface area contributed by atoms with E-state index >= 15 is 0 Å². The summed E-state index contributed by atoms with van der Waals surface area (Å²) in [5.74, 6) is 0.666. The SMILES string of the molecule is CC(Nc1cc(=O)n(C)c2ncc(Br)cc12)c1ncccn1. The van der Waals surface area contributed by atoms with Gasteiger partial charge in [-0.2, -0.15) is 0 Å². The second-order valence-electron chi connectivity index (χ2n) is 4.95. The van der Waals surface area contributed by atoms with Crippen LogP contribution < -0.4 is 10.9 Å². The van der Waals surface area contributed by atoms with E-state index in [9.17, 15) is 4.79 Å². The van der Waals surface area contributed by atoms with E-state index in [4.69, 9.17) is 0 Å². The maximum absolute atomic E-state index is 12.1. The zero-order chi connectivity index (χ0) is 15.7. The molecule has 0 aliphatic heterocycles. The molecule has 0 radical (unpaired) electrons. The third-order valence-electron chi connectivity index (χ3n) is 3.38. The molecule has 3 aromatic heterocycles. The number of halogens is 1. The highest BCUT2D eigenvalue weighted by Crippen LogP contribution is 2.25. The van der Waals surface area contributed by atoms with Crippen LogP contribution in [0.25, 0.3) is 11.0 Å². The molecule has 0 aliphatic rings. The fourth-order valence-electron chi connectivity index (χ4n) is 2.25. The lowest BCUT2D eigenvalue weighted by Gasteiger charge is -2.16. The molecular formula is C15H14BrN5O. The highest BCUT2D eigenvalue weighted by Gasteiger charge is 2.13. The fraction of sp³-hybridized carbons (Fsp3) is 0.200. The first-order valence-electron chi connectivity index (χ1n) is 6.75. The van der Waals surface area contributed by atoms with Crippen LogP contribution in [0.1, 0.15) is 18.8 Å². The summed E-state index contributed by atoms with van der Waals surface area (Å²) in [6, 6.07) is 5.14. The van der Waals surface area contributed by atoms with Crippen molar-refractivity contribution in [1.82, 2.24) is 19.5 Å². The Kier molecular flexibility index (Phi) is 3.89. The molecule has 22 heavy (non-hydrogen) atoms. The smallest absolute Gasteiger partial charge is 0.253 e. The zero-order valence-electron chi connectivity index (χ0n) is 12.1. The maximum Gasteiger partial charge on any atom is 0.253 e. The van der Waals surface area contributed by atoms with Gasteiger partial charge in [-0.3, -0.25) is 9.36 Å². The summed E-state index contributed by atoms with van der Waals surface area (Å²) in [4.78, 5) is 24.9. The first-order valence-corrected chi connectivity index (χ1v) is 7.54. The second-order valence-corrected chi connectivity index (χ2v) is 5.87. The summed E-state index contributed by atoms with van der Waals surface area (Å²) in [6.45, 7) is 1.95. The van der Waals surface area contributed by atoms with Crippen molar-refractivity contribution in [1.29, 1.82) is 0 Å². The normalized spacial score (nSPS) is 12.3. The maximum atomic E-state index is 12.1. The number of hydrogen-bond donors (Lipinski definition) is 1. The third kappa shape index (κ3) is 2.71. The van der Waals surface area contributed by atoms with Gasteiger partial charge in [-0.05, 0) is 35.0 Å². The Morgan fingerprint density at radius 3 is 2.68 bits per heavy atom. The van der Waals surface area contributed by atoms with Crippen molar-refractivity contribution in [2.24, 2.45) is 7.05 Å². The van der Waals surface area contributed by atoms with Gasteiger partial charge in [-0.1, -0.05) is 0 Å². The molecule has 112 valence electrons. The molecule has 0 saturated carbocycles. The van der Waals surface area contributed by atoms with Gasteiger partial charge in [0.15, 0.2) is 0 Å². The summed E-state index contributed by atoms with van der Waals surface area (Å²) in [5, 5.41) is 4.16. The summed E-state index contributed by atoms with van der Waals surface area (Å²) in [7, 11) is 1.71. The Bertz CT molecular complexity index is 878. The van der Waals surface area contributed by atoms with Crippen LogP contribution in [-0.2, 0) is 7.05 Å². The van der Waals surface area contributed by atoms with Crippen molar-refractivity contribution < 1.29 is 0 Å². The average Bonchev–Trinajstić information content (AvgIpc) is 2.53. The zero-order valence-corrected chi connectivity index (χ0v) is 13.7. The minimum absolute atomic E-state index is 0.119. The molecule has 0 aliphatic carbocycles. The van der Waals surface area contributed by atoms with E-state index in [1.807, 2.05) is 13.0 Å². The van der Waals surface area contributed by atoms with Gasteiger partial charge in [0.25, 0.3) is 5.56 Å². The van der Waals surface area contributed by atoms with E-state index < -0.39 is 0 Å². The highest BCUT2D eigenvalue weighted by atomic mass is 79.9. The largest absolute Gasteiger partial charge is 0.375 e. The van der Waals surface area contributed by atoms with Crippen LogP contribution in [0.3, 0.4) is 0 Å². The number of rotatable bonds is 3. The lowest BCUT2D eigenvalue weighted by molar-refractivity contribution is 0.787. The van der Waals surface area contributed by atoms with E-state index in [2.05, 4.69) is 36.2 Å². The molecule has 0 spiro atoms. The van der Waals surface area contributed by atoms with E-state index in [0.29, 0.717) is 17.2 Å². The Morgan fingerprint density at radius 2 is 1.95 bits per heavy atom. The Balaban J connectivity index is 2.09. The molecule has 0 aromatic carbocycles. The van der Waals surface area contributed by atoms with Crippen molar-refractivity contribution in [3.63, 3.8) is 0 Å². The van der Waals surface area contributed by atoms with Crippen molar-refractivity contribution in [2.75, 3.05) is 5.32 Å². The summed E-state index contributed by atoms with van der Waals surface area (Å²) < 4.78 is 2.38. The quantitative estimate of drug-likeness (QED) is 0.778. The number of aromatic nitrogens is 4. The average molecular weight is 360 g/mol. The molecule has 7 heteroatoms. The third-order valence-corrected chi connectivity index (χ3v) is 3.82. The van der Waals surface area contributed by atoms with Gasteiger partial charge in [-0.25, -0.2) is 15.0 Å². The second kappa shape index (κ2) is 5.84. The molecule has 1 N–H and O–H groups in total. The van der Waals surface area contributed by atoms with Crippen LogP contribution in [0.4, 0.5) is 5.69 Å².